The van der Waals surface area contributed by atoms with Crippen molar-refractivity contribution < 1.29 is 9.72 Å². The number of nitrogen functional groups attached to an aromatic ring is 1. The number of nitrogens with one attached hydrogen (secondary N) is 1. The summed E-state index contributed by atoms with van der Waals surface area (Å²) in [5, 5.41) is 13.8. The molecule has 0 fully saturated rings. The van der Waals surface area contributed by atoms with Crippen LogP contribution in [0.3, 0.4) is 0 Å². The first-order valence-electron chi connectivity index (χ1n) is 5.55. The first kappa shape index (κ1) is 15.2. The quantitative estimate of drug-likeness (QED) is 0.635. The molecule has 21 heavy (non-hydrogen) atoms. The van der Waals surface area contributed by atoms with Crippen LogP contribution in [0.5, 0.6) is 0 Å². The van der Waals surface area contributed by atoms with Crippen LogP contribution in [0.4, 0.5) is 17.2 Å². The summed E-state index contributed by atoms with van der Waals surface area (Å²) in [6.07, 6.45) is 0.990. The van der Waals surface area contributed by atoms with Gasteiger partial charge in [0.25, 0.3) is 11.6 Å². The average molecular weight is 372 g/mol. The number of benzene rings is 1. The molecule has 1 aromatic carbocycles. The monoisotopic (exact) mass is 370 g/mol. The molecule has 0 aliphatic carbocycles. The van der Waals surface area contributed by atoms with E-state index in [0.29, 0.717) is 15.2 Å². The highest BCUT2D eigenvalue weighted by atomic mass is 79.9. The van der Waals surface area contributed by atoms with Gasteiger partial charge in [0.05, 0.1) is 16.2 Å². The van der Waals surface area contributed by atoms with E-state index < -0.39 is 10.8 Å². The Morgan fingerprint density at radius 1 is 1.43 bits per heavy atom. The fourth-order valence-electron chi connectivity index (χ4n) is 1.53. The zero-order valence-electron chi connectivity index (χ0n) is 10.3. The van der Waals surface area contributed by atoms with Crippen molar-refractivity contribution in [3.8, 4) is 0 Å². The summed E-state index contributed by atoms with van der Waals surface area (Å²) in [7, 11) is 0. The highest BCUT2D eigenvalue weighted by Crippen LogP contribution is 2.27. The lowest BCUT2D eigenvalue weighted by Crippen LogP contribution is -2.15. The minimum absolute atomic E-state index is 0.0777. The van der Waals surface area contributed by atoms with Crippen molar-refractivity contribution in [1.82, 2.24) is 4.98 Å². The van der Waals surface area contributed by atoms with Crippen molar-refractivity contribution in [2.45, 2.75) is 0 Å². The highest BCUT2D eigenvalue weighted by Gasteiger charge is 2.17. The molecule has 0 bridgehead atoms. The second kappa shape index (κ2) is 6.06. The number of nitrogens with two attached hydrogens (primary N) is 1. The van der Waals surface area contributed by atoms with Crippen molar-refractivity contribution in [1.29, 1.82) is 0 Å². The maximum Gasteiger partial charge on any atom is 0.288 e. The van der Waals surface area contributed by atoms with Gasteiger partial charge >= 0.3 is 0 Å². The smallest absolute Gasteiger partial charge is 0.288 e. The fraction of sp³-hybridized carbons (Fsp3) is 0. The van der Waals surface area contributed by atoms with Crippen LogP contribution < -0.4 is 11.1 Å². The summed E-state index contributed by atoms with van der Waals surface area (Å²) in [6.45, 7) is 0. The number of carbonyl (C=O) groups is 1. The summed E-state index contributed by atoms with van der Waals surface area (Å²) >= 11 is 9.05. The summed E-state index contributed by atoms with van der Waals surface area (Å²) < 4.78 is 0.570. The number of nitrogens with zero attached hydrogens (tertiary/aromatic N) is 2. The number of amides is 1. The number of hydrogen-bond donors (Lipinski definition) is 2. The molecule has 0 saturated heterocycles. The predicted molar refractivity (Wildman–Crippen MR) is 82.4 cm³/mol. The van der Waals surface area contributed by atoms with E-state index in [-0.39, 0.29) is 17.1 Å². The fourth-order valence-corrected chi connectivity index (χ4v) is 2.31. The molecule has 3 N–H and O–H groups in total. The van der Waals surface area contributed by atoms with E-state index in [0.717, 1.165) is 12.3 Å². The molecule has 0 radical (unpaired) electrons. The van der Waals surface area contributed by atoms with E-state index in [9.17, 15) is 14.9 Å². The number of hydrogen-bond acceptors (Lipinski definition) is 5. The summed E-state index contributed by atoms with van der Waals surface area (Å²) in [6, 6.07) is 5.86. The van der Waals surface area contributed by atoms with Crippen LogP contribution in [-0.4, -0.2) is 15.8 Å². The van der Waals surface area contributed by atoms with Crippen molar-refractivity contribution in [2.24, 2.45) is 0 Å². The lowest BCUT2D eigenvalue weighted by Gasteiger charge is -2.08. The normalized spacial score (nSPS) is 10.2. The molecular formula is C12H8BrClN4O3. The summed E-state index contributed by atoms with van der Waals surface area (Å²) in [5.74, 6) is -0.699. The molecule has 0 atom stereocenters. The lowest BCUT2D eigenvalue weighted by atomic mass is 10.2. The molecule has 0 spiro atoms. The minimum atomic E-state index is -0.651. The van der Waals surface area contributed by atoms with Gasteiger partial charge < -0.3 is 11.1 Å². The van der Waals surface area contributed by atoms with E-state index >= 15 is 0 Å². The molecular weight excluding hydrogens is 364 g/mol. The van der Waals surface area contributed by atoms with Gasteiger partial charge in [-0.3, -0.25) is 14.9 Å². The van der Waals surface area contributed by atoms with E-state index in [4.69, 9.17) is 17.3 Å². The van der Waals surface area contributed by atoms with Gasteiger partial charge in [-0.1, -0.05) is 11.6 Å². The Hall–Kier alpha value is -2.19. The van der Waals surface area contributed by atoms with Crippen LogP contribution in [0, 0.1) is 10.1 Å². The molecule has 1 aromatic heterocycles. The van der Waals surface area contributed by atoms with Crippen LogP contribution in [0.1, 0.15) is 10.4 Å². The van der Waals surface area contributed by atoms with E-state index in [1.807, 2.05) is 0 Å². The Morgan fingerprint density at radius 3 is 2.76 bits per heavy atom. The number of rotatable bonds is 3. The first-order valence-corrected chi connectivity index (χ1v) is 6.72. The van der Waals surface area contributed by atoms with E-state index in [1.54, 1.807) is 18.2 Å². The van der Waals surface area contributed by atoms with Crippen LogP contribution in [0.2, 0.25) is 5.02 Å². The van der Waals surface area contributed by atoms with Gasteiger partial charge in [-0.25, -0.2) is 4.98 Å². The number of anilines is 2. The SMILES string of the molecule is Nc1ncc([N+](=O)[O-])cc1C(=O)Nc1ccc(Cl)cc1Br. The van der Waals surface area contributed by atoms with Crippen LogP contribution in [-0.2, 0) is 0 Å². The third-order valence-electron chi connectivity index (χ3n) is 2.54. The van der Waals surface area contributed by atoms with Crippen LogP contribution in [0.25, 0.3) is 0 Å². The number of nitro groups is 1. The molecule has 0 unspecified atom stereocenters. The molecule has 108 valence electrons. The molecule has 0 aliphatic rings. The van der Waals surface area contributed by atoms with Crippen molar-refractivity contribution in [3.05, 3.63) is 55.6 Å². The van der Waals surface area contributed by atoms with E-state index in [1.165, 1.54) is 0 Å². The first-order chi connectivity index (χ1) is 9.88. The topological polar surface area (TPSA) is 111 Å². The Balaban J connectivity index is 2.32. The third-order valence-corrected chi connectivity index (χ3v) is 3.43. The van der Waals surface area contributed by atoms with Gasteiger partial charge in [-0.05, 0) is 34.1 Å². The number of halogens is 2. The largest absolute Gasteiger partial charge is 0.383 e. The maximum absolute atomic E-state index is 12.1. The van der Waals surface area contributed by atoms with Gasteiger partial charge in [-0.2, -0.15) is 0 Å². The standard InChI is InChI=1S/C12H8BrClN4O3/c13-9-3-6(14)1-2-10(9)17-12(19)8-4-7(18(20)21)5-16-11(8)15/h1-5H,(H2,15,16)(H,17,19). The highest BCUT2D eigenvalue weighted by molar-refractivity contribution is 9.10. The van der Waals surface area contributed by atoms with Gasteiger partial charge in [0.1, 0.15) is 12.0 Å². The predicted octanol–water partition coefficient (Wildman–Crippen LogP) is 3.24. The maximum atomic E-state index is 12.1. The molecule has 2 rings (SSSR count). The summed E-state index contributed by atoms with van der Waals surface area (Å²) in [4.78, 5) is 25.8. The lowest BCUT2D eigenvalue weighted by molar-refractivity contribution is -0.385. The second-order valence-corrected chi connectivity index (χ2v) is 5.25. The molecule has 1 amide bonds. The Bertz CT molecular complexity index is 738. The number of aromatic nitrogens is 1. The van der Waals surface area contributed by atoms with Crippen LogP contribution >= 0.6 is 27.5 Å². The Morgan fingerprint density at radius 2 is 2.14 bits per heavy atom. The van der Waals surface area contributed by atoms with Crippen molar-refractivity contribution >= 4 is 50.6 Å². The molecule has 9 heteroatoms. The summed E-state index contributed by atoms with van der Waals surface area (Å²) in [5.41, 5.74) is 5.64. The third kappa shape index (κ3) is 3.47. The Labute approximate surface area is 132 Å². The Kier molecular flexibility index (Phi) is 4.39. The minimum Gasteiger partial charge on any atom is -0.383 e. The zero-order chi connectivity index (χ0) is 15.6. The van der Waals surface area contributed by atoms with Gasteiger partial charge in [0.15, 0.2) is 0 Å². The molecule has 1 heterocycles. The molecule has 7 nitrogen and oxygen atoms in total. The number of carbonyl (C=O) groups excluding carboxylic acids is 1. The van der Waals surface area contributed by atoms with Crippen molar-refractivity contribution in [2.75, 3.05) is 11.1 Å². The average Bonchev–Trinajstić information content (AvgIpc) is 2.42. The molecule has 2 aromatic rings. The van der Waals surface area contributed by atoms with Gasteiger partial charge in [-0.15, -0.1) is 0 Å². The molecule has 0 aliphatic heterocycles. The van der Waals surface area contributed by atoms with E-state index in [2.05, 4.69) is 26.2 Å². The van der Waals surface area contributed by atoms with Gasteiger partial charge in [0, 0.05) is 15.6 Å². The zero-order valence-corrected chi connectivity index (χ0v) is 12.7. The number of pyridine rings is 1. The van der Waals surface area contributed by atoms with Crippen LogP contribution in [0.15, 0.2) is 34.9 Å². The van der Waals surface area contributed by atoms with Gasteiger partial charge in [0.2, 0.25) is 0 Å². The van der Waals surface area contributed by atoms with Crippen molar-refractivity contribution in [3.63, 3.8) is 0 Å². The molecule has 0 saturated carbocycles. The second-order valence-electron chi connectivity index (χ2n) is 3.96.